The predicted molar refractivity (Wildman–Crippen MR) is 616 cm³/mol. The minimum Gasteiger partial charge on any atom is -0.507 e. The van der Waals surface area contributed by atoms with E-state index in [1.54, 1.807) is 98.8 Å². The number of aryl methyl sites for hydroxylation is 1. The Balaban J connectivity index is 0.000000177. The van der Waals surface area contributed by atoms with Crippen molar-refractivity contribution in [1.29, 1.82) is 15.8 Å². The fourth-order valence-electron chi connectivity index (χ4n) is 13.0. The van der Waals surface area contributed by atoms with Gasteiger partial charge < -0.3 is 33.9 Å². The number of unbranched alkanes of at least 4 members (excludes halogenated alkanes) is 5. The molecule has 0 saturated heterocycles. The van der Waals surface area contributed by atoms with E-state index in [4.69, 9.17) is 62.7 Å². The number of ether oxygens (including phenoxy) is 5. The van der Waals surface area contributed by atoms with Crippen LogP contribution in [0.3, 0.4) is 0 Å². The van der Waals surface area contributed by atoms with Crippen LogP contribution in [0.25, 0.3) is 11.1 Å². The number of halogens is 4. The molecule has 0 amide bonds. The molecule has 0 saturated carbocycles. The van der Waals surface area contributed by atoms with Gasteiger partial charge >= 0.3 is 0 Å². The van der Waals surface area contributed by atoms with Crippen LogP contribution in [-0.2, 0) is 0 Å². The van der Waals surface area contributed by atoms with E-state index in [0.717, 1.165) is 167 Å². The van der Waals surface area contributed by atoms with Gasteiger partial charge in [-0.3, -0.25) is 39.9 Å². The maximum Gasteiger partial charge on any atom is 0.124 e. The lowest BCUT2D eigenvalue weighted by Gasteiger charge is -2.07. The van der Waals surface area contributed by atoms with Gasteiger partial charge in [-0.1, -0.05) is 229 Å². The van der Waals surface area contributed by atoms with Crippen molar-refractivity contribution in [2.45, 2.75) is 86.0 Å². The first-order valence-corrected chi connectivity index (χ1v) is 50.4. The van der Waals surface area contributed by atoms with Crippen LogP contribution >= 0.6 is 55.1 Å². The molecule has 0 aliphatic carbocycles. The molecule has 16 rings (SSSR count). The molecule has 740 valence electrons. The molecule has 0 heterocycles. The molecule has 0 radical (unpaired) electrons. The number of nitrogens with zero attached hydrogens (tertiary/aromatic N) is 11. The number of hydrogen-bond donors (Lipinski definition) is 2. The molecule has 18 nitrogen and oxygen atoms in total. The first-order chi connectivity index (χ1) is 71.8. The summed E-state index contributed by atoms with van der Waals surface area (Å²) >= 11 is 19.6. The molecule has 0 spiro atoms. The topological polar surface area (TPSA) is 257 Å². The second-order valence-electron chi connectivity index (χ2n) is 32.5. The zero-order valence-electron chi connectivity index (χ0n) is 82.8. The second-order valence-corrected chi connectivity index (χ2v) is 35.1. The van der Waals surface area contributed by atoms with Crippen LogP contribution in [-0.4, -0.2) is 93.5 Å². The van der Waals surface area contributed by atoms with Crippen molar-refractivity contribution < 1.29 is 33.9 Å². The van der Waals surface area contributed by atoms with Crippen molar-refractivity contribution in [3.8, 4) is 69.6 Å². The van der Waals surface area contributed by atoms with Gasteiger partial charge in [0.1, 0.15) is 40.2 Å². The fourth-order valence-corrected chi connectivity index (χ4v) is 14.2. The third kappa shape index (κ3) is 42.9. The van der Waals surface area contributed by atoms with Crippen molar-refractivity contribution >= 4 is 150 Å². The van der Waals surface area contributed by atoms with Gasteiger partial charge in [-0.25, -0.2) is 0 Å². The molecule has 0 aromatic heterocycles. The van der Waals surface area contributed by atoms with Crippen LogP contribution in [0.4, 0.5) is 45.5 Å². The quantitative estimate of drug-likeness (QED) is 0.0285. The number of aromatic hydroxyl groups is 2. The second kappa shape index (κ2) is 64.9. The van der Waals surface area contributed by atoms with Gasteiger partial charge in [0, 0.05) is 69.8 Å². The monoisotopic (exact) mass is 2110 g/mol. The Labute approximate surface area is 890 Å². The molecule has 0 atom stereocenters. The van der Waals surface area contributed by atoms with Gasteiger partial charge in [0.05, 0.1) is 124 Å². The lowest BCUT2D eigenvalue weighted by molar-refractivity contribution is 0.305. The Morgan fingerprint density at radius 2 is 0.578 bits per heavy atom. The van der Waals surface area contributed by atoms with Gasteiger partial charge in [0.25, 0.3) is 0 Å². The van der Waals surface area contributed by atoms with Gasteiger partial charge in [0.15, 0.2) is 0 Å². The van der Waals surface area contributed by atoms with E-state index in [2.05, 4.69) is 142 Å². The molecular weight excluding hydrogens is 2000 g/mol. The Morgan fingerprint density at radius 1 is 0.286 bits per heavy atom. The highest BCUT2D eigenvalue weighted by Gasteiger charge is 2.10. The van der Waals surface area contributed by atoms with E-state index >= 15 is 0 Å². The molecule has 0 aliphatic rings. The Kier molecular flexibility index (Phi) is 49.6. The Hall–Kier alpha value is -16.5. The number of phenolic OH excluding ortho intramolecular Hbond substituents is 2. The van der Waals surface area contributed by atoms with Crippen LogP contribution in [0.15, 0.2) is 431 Å². The average molecular weight is 2110 g/mol. The minimum atomic E-state index is 0.204. The predicted octanol–water partition coefficient (Wildman–Crippen LogP) is 34.4. The number of para-hydroxylation sites is 1. The highest BCUT2D eigenvalue weighted by atomic mass is 79.9. The molecule has 0 aliphatic heterocycles. The lowest BCUT2D eigenvalue weighted by atomic mass is 10.0. The highest BCUT2D eigenvalue weighted by Crippen LogP contribution is 2.36. The van der Waals surface area contributed by atoms with E-state index in [1.165, 1.54) is 37.7 Å². The highest BCUT2D eigenvalue weighted by molar-refractivity contribution is 9.10. The van der Waals surface area contributed by atoms with E-state index in [1.807, 2.05) is 323 Å². The molecule has 16 aromatic rings. The number of aliphatic imine (C=N–C) groups is 8. The summed E-state index contributed by atoms with van der Waals surface area (Å²) in [5.41, 5.74) is 19.2. The standard InChI is InChI=1S/C26H18Cl2N2.C20H22N2O.C19H20N2O.C17H16N2O.C15H14BrNO2.C14H12BrNO2.C14H13N/c27-23-15-21(11-13-25(23)29-17-19-7-3-1-4-8-19)22-12-14-26(24(28)16-22)30-18-20-9-5-2-6-10-20;1-2-3-4-5-14-23-20-12-8-18(9-13-20)16-22-19-10-6-17(15-21)7-11-19;1-2-3-4-13-22-19-11-7-17(8-12-19)15-21-18-9-5-16(14-20)6-10-18;1-2-11-20-17-9-5-15(6-10-17)13-19-16-7-3-14(12-18)4-8-16;1-2-19-14-6-4-13(5-7-14)17-10-11-9-12(16)3-8-15(11)18;1-18-13-5-3-12(4-6-13)16-9-10-8-11(15)2-7-14(10)17;1-12-7-9-13(10-8-12)11-15-14-5-3-2-4-6-14/h1-18H;6-13,16H,2-5,14H2,1H3;5-12,15H,2-4,13H2,1H3;3-10,13H,2,11H2,1H3;3-10,18H,2H2,1H3;2-9,17H,1H3;2-11H,1H3. The Bertz CT molecular complexity index is 6950. The first kappa shape index (κ1) is 112. The number of methoxy groups -OCH3 is 1. The summed E-state index contributed by atoms with van der Waals surface area (Å²) in [7, 11) is 1.62. The maximum absolute atomic E-state index is 9.69. The summed E-state index contributed by atoms with van der Waals surface area (Å²) < 4.78 is 29.2. The number of rotatable bonds is 34. The van der Waals surface area contributed by atoms with Crippen LogP contribution in [0.5, 0.6) is 40.2 Å². The van der Waals surface area contributed by atoms with Crippen molar-refractivity contribution in [3.05, 3.63) is 468 Å². The summed E-state index contributed by atoms with van der Waals surface area (Å²) in [6, 6.07) is 127. The summed E-state index contributed by atoms with van der Waals surface area (Å²) in [6.45, 7) is 13.4. The maximum atomic E-state index is 9.69. The molecule has 0 fully saturated rings. The molecular formula is C125H115Br2Cl2N11O7. The van der Waals surface area contributed by atoms with E-state index in [-0.39, 0.29) is 11.5 Å². The van der Waals surface area contributed by atoms with Crippen molar-refractivity contribution in [2.24, 2.45) is 39.9 Å². The molecule has 147 heavy (non-hydrogen) atoms. The zero-order valence-corrected chi connectivity index (χ0v) is 87.5. The van der Waals surface area contributed by atoms with Crippen LogP contribution in [0.1, 0.15) is 146 Å². The summed E-state index contributed by atoms with van der Waals surface area (Å²) in [6.07, 6.45) is 23.5. The number of hydrogen-bond acceptors (Lipinski definition) is 18. The molecule has 0 unspecified atom stereocenters. The Morgan fingerprint density at radius 3 is 0.918 bits per heavy atom. The zero-order chi connectivity index (χ0) is 104. The normalized spacial score (nSPS) is 10.8. The van der Waals surface area contributed by atoms with Crippen molar-refractivity contribution in [1.82, 2.24) is 0 Å². The SMILES string of the molecule is CCCCCCOc1ccc(C=Nc2ccc(C#N)cc2)cc1.CCCCCOc1ccc(C=Nc2ccc(C#N)cc2)cc1.CCCOc1ccc(C=Nc2ccc(C#N)cc2)cc1.CCOc1ccc(N=Cc2cc(Br)ccc2O)cc1.COc1ccc(N=Cc2cc(Br)ccc2O)cc1.Cc1ccc(C=Nc2ccccc2)cc1.Clc1cc(-c2ccc(N=Cc3ccccc3)c(Cl)c2)ccc1N=Cc1ccccc1. The largest absolute Gasteiger partial charge is 0.507 e. The first-order valence-electron chi connectivity index (χ1n) is 48.0. The molecule has 22 heteroatoms. The molecule has 16 aromatic carbocycles. The summed E-state index contributed by atoms with van der Waals surface area (Å²) in [4.78, 5) is 35.1. The number of phenols is 2. The molecule has 0 bridgehead atoms. The van der Waals surface area contributed by atoms with Gasteiger partial charge in [-0.2, -0.15) is 15.8 Å². The smallest absolute Gasteiger partial charge is 0.124 e. The third-order valence-electron chi connectivity index (χ3n) is 21.1. The lowest BCUT2D eigenvalue weighted by Crippen LogP contribution is -1.97. The van der Waals surface area contributed by atoms with Crippen molar-refractivity contribution in [2.75, 3.05) is 33.5 Å². The number of benzene rings is 16. The van der Waals surface area contributed by atoms with Crippen LogP contribution in [0.2, 0.25) is 10.0 Å². The number of nitriles is 3. The molecule has 2 N–H and O–H groups in total. The van der Waals surface area contributed by atoms with E-state index in [0.29, 0.717) is 44.5 Å². The van der Waals surface area contributed by atoms with Crippen LogP contribution in [0, 0.1) is 40.9 Å². The van der Waals surface area contributed by atoms with Gasteiger partial charge in [0.2, 0.25) is 0 Å². The van der Waals surface area contributed by atoms with Crippen LogP contribution < -0.4 is 23.7 Å². The summed E-state index contributed by atoms with van der Waals surface area (Å²) in [5, 5.41) is 46.8. The average Bonchev–Trinajstić information content (AvgIpc) is 0.819. The van der Waals surface area contributed by atoms with E-state index < -0.39 is 0 Å². The third-order valence-corrected chi connectivity index (χ3v) is 22.7. The van der Waals surface area contributed by atoms with E-state index in [9.17, 15) is 10.2 Å². The summed E-state index contributed by atoms with van der Waals surface area (Å²) in [5.74, 6) is 4.70. The minimum absolute atomic E-state index is 0.204. The van der Waals surface area contributed by atoms with Gasteiger partial charge in [-0.05, 0) is 345 Å². The fraction of sp³-hybridized carbons (Fsp3) is 0.144. The van der Waals surface area contributed by atoms with Gasteiger partial charge in [-0.15, -0.1) is 0 Å². The van der Waals surface area contributed by atoms with Crippen molar-refractivity contribution in [3.63, 3.8) is 0 Å².